The van der Waals surface area contributed by atoms with Crippen LogP contribution in [0.25, 0.3) is 0 Å². The molecular formula is C19H15N5O2. The number of carbonyl (C=O) groups excluding carboxylic acids is 1. The molecule has 0 bridgehead atoms. The number of carbonyl (C=O) groups is 1. The Kier molecular flexibility index (Phi) is 5.05. The fraction of sp³-hybridized carbons (Fsp3) is 0.0526. The monoisotopic (exact) mass is 345 g/mol. The van der Waals surface area contributed by atoms with E-state index >= 15 is 0 Å². The largest absolute Gasteiger partial charge is 0.465 e. The number of hydrogen-bond donors (Lipinski definition) is 2. The number of nitrogens with one attached hydrogen (secondary N) is 2. The Balaban J connectivity index is 1.77. The van der Waals surface area contributed by atoms with Crippen LogP contribution in [0.2, 0.25) is 0 Å². The highest BCUT2D eigenvalue weighted by Gasteiger charge is 2.07. The van der Waals surface area contributed by atoms with Gasteiger partial charge in [0, 0.05) is 17.4 Å². The van der Waals surface area contributed by atoms with Gasteiger partial charge in [0.2, 0.25) is 0 Å². The Morgan fingerprint density at radius 1 is 1.00 bits per heavy atom. The van der Waals surface area contributed by atoms with Gasteiger partial charge in [0.05, 0.1) is 24.3 Å². The number of rotatable bonds is 5. The number of nitriles is 1. The second-order valence-electron chi connectivity index (χ2n) is 5.30. The Morgan fingerprint density at radius 3 is 2.31 bits per heavy atom. The van der Waals surface area contributed by atoms with Crippen molar-refractivity contribution in [2.24, 2.45) is 0 Å². The van der Waals surface area contributed by atoms with Gasteiger partial charge in [-0.15, -0.1) is 0 Å². The van der Waals surface area contributed by atoms with Gasteiger partial charge in [0.1, 0.15) is 18.0 Å². The molecule has 0 radical (unpaired) electrons. The van der Waals surface area contributed by atoms with Crippen LogP contribution in [0.3, 0.4) is 0 Å². The number of anilines is 4. The summed E-state index contributed by atoms with van der Waals surface area (Å²) >= 11 is 0. The van der Waals surface area contributed by atoms with E-state index < -0.39 is 5.97 Å². The number of aromatic nitrogens is 2. The fourth-order valence-electron chi connectivity index (χ4n) is 2.30. The molecule has 7 heteroatoms. The topological polar surface area (TPSA) is 99.9 Å². The van der Waals surface area contributed by atoms with Gasteiger partial charge in [-0.1, -0.05) is 12.1 Å². The summed E-state index contributed by atoms with van der Waals surface area (Å²) in [5, 5.41) is 15.2. The molecule has 0 aliphatic heterocycles. The van der Waals surface area contributed by atoms with Crippen molar-refractivity contribution in [1.82, 2.24) is 9.97 Å². The molecule has 1 heterocycles. The molecule has 0 atom stereocenters. The van der Waals surface area contributed by atoms with Gasteiger partial charge in [-0.25, -0.2) is 14.8 Å². The molecule has 0 saturated heterocycles. The van der Waals surface area contributed by atoms with E-state index in [0.29, 0.717) is 28.5 Å². The number of benzene rings is 2. The van der Waals surface area contributed by atoms with E-state index in [9.17, 15) is 4.79 Å². The average molecular weight is 345 g/mol. The SMILES string of the molecule is COC(=O)c1cccc(Nc2cc(Nc3cccc(C#N)c3)ncn2)c1. The summed E-state index contributed by atoms with van der Waals surface area (Å²) < 4.78 is 4.72. The van der Waals surface area contributed by atoms with E-state index in [-0.39, 0.29) is 0 Å². The van der Waals surface area contributed by atoms with Crippen LogP contribution < -0.4 is 10.6 Å². The minimum atomic E-state index is -0.406. The quantitative estimate of drug-likeness (QED) is 0.681. The lowest BCUT2D eigenvalue weighted by molar-refractivity contribution is 0.0601. The molecule has 7 nitrogen and oxygen atoms in total. The van der Waals surface area contributed by atoms with E-state index in [1.165, 1.54) is 13.4 Å². The van der Waals surface area contributed by atoms with Crippen molar-refractivity contribution in [3.05, 3.63) is 72.1 Å². The minimum absolute atomic E-state index is 0.406. The molecule has 128 valence electrons. The smallest absolute Gasteiger partial charge is 0.337 e. The second kappa shape index (κ2) is 7.77. The third kappa shape index (κ3) is 4.13. The van der Waals surface area contributed by atoms with Crippen molar-refractivity contribution in [3.8, 4) is 6.07 Å². The highest BCUT2D eigenvalue weighted by Crippen LogP contribution is 2.20. The summed E-state index contributed by atoms with van der Waals surface area (Å²) in [6.45, 7) is 0. The molecule has 0 saturated carbocycles. The van der Waals surface area contributed by atoms with E-state index in [4.69, 9.17) is 10.00 Å². The molecular weight excluding hydrogens is 330 g/mol. The molecule has 0 fully saturated rings. The molecule has 3 rings (SSSR count). The van der Waals surface area contributed by atoms with Crippen molar-refractivity contribution in [3.63, 3.8) is 0 Å². The maximum absolute atomic E-state index is 11.6. The van der Waals surface area contributed by atoms with Crippen LogP contribution in [-0.4, -0.2) is 23.0 Å². The van der Waals surface area contributed by atoms with Gasteiger partial charge in [0.25, 0.3) is 0 Å². The minimum Gasteiger partial charge on any atom is -0.465 e. The zero-order valence-corrected chi connectivity index (χ0v) is 13.9. The van der Waals surface area contributed by atoms with Crippen molar-refractivity contribution in [1.29, 1.82) is 5.26 Å². The zero-order chi connectivity index (χ0) is 18.4. The Labute approximate surface area is 150 Å². The first-order valence-electron chi connectivity index (χ1n) is 7.72. The molecule has 3 aromatic rings. The Morgan fingerprint density at radius 2 is 1.65 bits per heavy atom. The Bertz CT molecular complexity index is 981. The molecule has 0 unspecified atom stereocenters. The number of methoxy groups -OCH3 is 1. The summed E-state index contributed by atoms with van der Waals surface area (Å²) in [5.74, 6) is 0.721. The highest BCUT2D eigenvalue weighted by molar-refractivity contribution is 5.90. The van der Waals surface area contributed by atoms with Crippen LogP contribution in [0, 0.1) is 11.3 Å². The molecule has 26 heavy (non-hydrogen) atoms. The molecule has 0 aliphatic carbocycles. The summed E-state index contributed by atoms with van der Waals surface area (Å²) in [7, 11) is 1.34. The van der Waals surface area contributed by atoms with Crippen LogP contribution in [-0.2, 0) is 4.74 Å². The van der Waals surface area contributed by atoms with Crippen molar-refractivity contribution in [2.75, 3.05) is 17.7 Å². The average Bonchev–Trinajstić information content (AvgIpc) is 2.68. The molecule has 0 spiro atoms. The lowest BCUT2D eigenvalue weighted by atomic mass is 10.2. The zero-order valence-electron chi connectivity index (χ0n) is 13.9. The predicted molar refractivity (Wildman–Crippen MR) is 97.5 cm³/mol. The standard InChI is InChI=1S/C19H15N5O2/c1-26-19(25)14-5-3-7-16(9-14)24-18-10-17(21-12-22-18)23-15-6-2-4-13(8-15)11-20/h2-10,12H,1H3,(H2,21,22,23,24). The second-order valence-corrected chi connectivity index (χ2v) is 5.30. The third-order valence-electron chi connectivity index (χ3n) is 3.49. The van der Waals surface area contributed by atoms with Crippen LogP contribution in [0.1, 0.15) is 15.9 Å². The molecule has 2 aromatic carbocycles. The highest BCUT2D eigenvalue weighted by atomic mass is 16.5. The third-order valence-corrected chi connectivity index (χ3v) is 3.49. The normalized spacial score (nSPS) is 9.85. The van der Waals surface area contributed by atoms with E-state index in [0.717, 1.165) is 5.69 Å². The number of esters is 1. The number of nitrogens with zero attached hydrogens (tertiary/aromatic N) is 3. The maximum Gasteiger partial charge on any atom is 0.337 e. The first-order chi connectivity index (χ1) is 12.7. The van der Waals surface area contributed by atoms with Crippen LogP contribution in [0.4, 0.5) is 23.0 Å². The van der Waals surface area contributed by atoms with Crippen LogP contribution in [0.5, 0.6) is 0 Å². The predicted octanol–water partition coefficient (Wildman–Crippen LogP) is 3.62. The summed E-state index contributed by atoms with van der Waals surface area (Å²) in [5.41, 5.74) is 2.45. The molecule has 0 aliphatic rings. The number of ether oxygens (including phenoxy) is 1. The van der Waals surface area contributed by atoms with Crippen molar-refractivity contribution in [2.45, 2.75) is 0 Å². The van der Waals surface area contributed by atoms with Crippen molar-refractivity contribution >= 4 is 29.0 Å². The molecule has 2 N–H and O–H groups in total. The van der Waals surface area contributed by atoms with Gasteiger partial charge in [0.15, 0.2) is 0 Å². The van der Waals surface area contributed by atoms with Gasteiger partial charge in [-0.05, 0) is 36.4 Å². The summed E-state index contributed by atoms with van der Waals surface area (Å²) in [6.07, 6.45) is 1.42. The van der Waals surface area contributed by atoms with E-state index in [2.05, 4.69) is 26.7 Å². The van der Waals surface area contributed by atoms with Gasteiger partial charge < -0.3 is 15.4 Å². The van der Waals surface area contributed by atoms with Gasteiger partial charge in [-0.3, -0.25) is 0 Å². The van der Waals surface area contributed by atoms with E-state index in [1.807, 2.05) is 12.1 Å². The fourth-order valence-corrected chi connectivity index (χ4v) is 2.30. The van der Waals surface area contributed by atoms with E-state index in [1.54, 1.807) is 42.5 Å². The van der Waals surface area contributed by atoms with Crippen LogP contribution >= 0.6 is 0 Å². The summed E-state index contributed by atoms with van der Waals surface area (Å²) in [4.78, 5) is 20.0. The molecule has 1 aromatic heterocycles. The molecule has 0 amide bonds. The lowest BCUT2D eigenvalue weighted by Gasteiger charge is -2.09. The number of hydrogen-bond acceptors (Lipinski definition) is 7. The first kappa shape index (κ1) is 16.9. The maximum atomic E-state index is 11.6. The van der Waals surface area contributed by atoms with Gasteiger partial charge in [-0.2, -0.15) is 5.26 Å². The van der Waals surface area contributed by atoms with Crippen molar-refractivity contribution < 1.29 is 9.53 Å². The first-order valence-corrected chi connectivity index (χ1v) is 7.72. The van der Waals surface area contributed by atoms with Gasteiger partial charge >= 0.3 is 5.97 Å². The Hall–Kier alpha value is -3.92. The summed E-state index contributed by atoms with van der Waals surface area (Å²) in [6, 6.07) is 17.8. The van der Waals surface area contributed by atoms with Crippen LogP contribution in [0.15, 0.2) is 60.9 Å². The lowest BCUT2D eigenvalue weighted by Crippen LogP contribution is -2.02.